The second kappa shape index (κ2) is 7.36. The van der Waals surface area contributed by atoms with Crippen molar-refractivity contribution in [3.63, 3.8) is 0 Å². The zero-order valence-corrected chi connectivity index (χ0v) is 15.0. The molecule has 0 radical (unpaired) electrons. The highest BCUT2D eigenvalue weighted by Gasteiger charge is 2.31. The third-order valence-electron chi connectivity index (χ3n) is 4.34. The van der Waals surface area contributed by atoms with E-state index in [1.165, 1.54) is 0 Å². The van der Waals surface area contributed by atoms with Crippen molar-refractivity contribution in [1.82, 2.24) is 0 Å². The predicted octanol–water partition coefficient (Wildman–Crippen LogP) is 3.00. The van der Waals surface area contributed by atoms with Gasteiger partial charge in [0.25, 0.3) is 5.69 Å². The van der Waals surface area contributed by atoms with Crippen molar-refractivity contribution < 1.29 is 18.8 Å². The number of non-ortho nitro benzene ring substituents is 1. The quantitative estimate of drug-likeness (QED) is 0.339. The molecule has 3 rings (SSSR count). The topological polar surface area (TPSA) is 99.7 Å². The predicted molar refractivity (Wildman–Crippen MR) is 99.4 cm³/mol. The van der Waals surface area contributed by atoms with Crippen LogP contribution >= 0.6 is 0 Å². The van der Waals surface area contributed by atoms with Crippen molar-refractivity contribution in [1.29, 1.82) is 5.26 Å². The molecular weight excluding hydrogens is 367 g/mol. The molecule has 1 aliphatic heterocycles. The Morgan fingerprint density at radius 2 is 1.82 bits per heavy atom. The number of nitro benzene ring substituents is 1. The molecule has 0 fully saturated rings. The third kappa shape index (κ3) is 3.23. The van der Waals surface area contributed by atoms with E-state index in [1.54, 1.807) is 23.9 Å². The van der Waals surface area contributed by atoms with Crippen LogP contribution in [0, 0.1) is 27.3 Å². The number of para-hydroxylation sites is 2. The van der Waals surface area contributed by atoms with Crippen LogP contribution in [0.1, 0.15) is 0 Å². The fourth-order valence-electron chi connectivity index (χ4n) is 2.99. The first-order valence-electron chi connectivity index (χ1n) is 8.16. The van der Waals surface area contributed by atoms with E-state index >= 15 is 0 Å². The van der Waals surface area contributed by atoms with Gasteiger partial charge in [-0.1, -0.05) is 12.1 Å². The maximum atomic E-state index is 13.9. The van der Waals surface area contributed by atoms with E-state index in [0.717, 1.165) is 23.5 Å². The van der Waals surface area contributed by atoms with Crippen molar-refractivity contribution >= 4 is 22.8 Å². The molecule has 0 saturated heterocycles. The lowest BCUT2D eigenvalue weighted by Gasteiger charge is -2.20. The summed E-state index contributed by atoms with van der Waals surface area (Å²) >= 11 is 0. The van der Waals surface area contributed by atoms with Gasteiger partial charge in [-0.05, 0) is 18.2 Å². The maximum Gasteiger partial charge on any atom is 0.272 e. The summed E-state index contributed by atoms with van der Waals surface area (Å²) in [5.41, 5.74) is 1.11. The Bertz CT molecular complexity index is 1010. The summed E-state index contributed by atoms with van der Waals surface area (Å²) in [4.78, 5) is 25.9. The van der Waals surface area contributed by atoms with Gasteiger partial charge in [0.1, 0.15) is 17.5 Å². The van der Waals surface area contributed by atoms with Gasteiger partial charge in [-0.15, -0.1) is 0 Å². The number of halogens is 1. The van der Waals surface area contributed by atoms with Crippen LogP contribution in [0.3, 0.4) is 0 Å². The molecular formula is C19H15FN4O4. The summed E-state index contributed by atoms with van der Waals surface area (Å²) in [6, 6.07) is 12.2. The van der Waals surface area contributed by atoms with Gasteiger partial charge in [0, 0.05) is 20.2 Å². The van der Waals surface area contributed by atoms with Crippen molar-refractivity contribution in [2.75, 3.05) is 30.5 Å². The number of Topliss-reactive ketones (excluding diaryl/α,β-unsaturated/α-hetero) is 1. The van der Waals surface area contributed by atoms with Gasteiger partial charge < -0.3 is 14.5 Å². The first kappa shape index (κ1) is 18.8. The van der Waals surface area contributed by atoms with Crippen LogP contribution in [0.25, 0.3) is 0 Å². The largest absolute Gasteiger partial charge is 0.482 e. The van der Waals surface area contributed by atoms with Crippen molar-refractivity contribution in [2.45, 2.75) is 0 Å². The van der Waals surface area contributed by atoms with Gasteiger partial charge in [-0.25, -0.2) is 4.39 Å². The number of carbonyl (C=O) groups excluding carboxylic acids is 1. The number of benzene rings is 2. The molecule has 0 saturated carbocycles. The molecule has 8 nitrogen and oxygen atoms in total. The molecule has 1 aliphatic rings. The van der Waals surface area contributed by atoms with Crippen LogP contribution in [0.5, 0.6) is 5.75 Å². The number of fused-ring (bicyclic) bond motifs is 1. The van der Waals surface area contributed by atoms with Crippen LogP contribution in [0.2, 0.25) is 0 Å². The minimum Gasteiger partial charge on any atom is -0.482 e. The molecule has 0 amide bonds. The lowest BCUT2D eigenvalue weighted by molar-refractivity contribution is -0.385. The van der Waals surface area contributed by atoms with Crippen LogP contribution in [-0.2, 0) is 4.79 Å². The first-order valence-corrected chi connectivity index (χ1v) is 8.16. The Hall–Kier alpha value is -3.93. The minimum absolute atomic E-state index is 0.136. The number of nitrogens with zero attached hydrogens (tertiary/aromatic N) is 4. The number of nitriles is 1. The summed E-state index contributed by atoms with van der Waals surface area (Å²) in [6.45, 7) is -0.584. The van der Waals surface area contributed by atoms with Crippen LogP contribution in [0.15, 0.2) is 53.9 Å². The molecule has 142 valence electrons. The highest BCUT2D eigenvalue weighted by atomic mass is 19.1. The molecule has 0 unspecified atom stereocenters. The summed E-state index contributed by atoms with van der Waals surface area (Å²) in [7, 11) is 3.47. The Morgan fingerprint density at radius 3 is 2.32 bits per heavy atom. The monoisotopic (exact) mass is 382 g/mol. The summed E-state index contributed by atoms with van der Waals surface area (Å²) in [5.74, 6) is -1.52. The van der Waals surface area contributed by atoms with Gasteiger partial charge in [0.2, 0.25) is 5.78 Å². The van der Waals surface area contributed by atoms with E-state index in [0.29, 0.717) is 11.9 Å². The minimum atomic E-state index is -0.962. The number of carbonyl (C=O) groups is 1. The summed E-state index contributed by atoms with van der Waals surface area (Å²) in [6.07, 6.45) is 0. The molecule has 0 aliphatic carbocycles. The van der Waals surface area contributed by atoms with E-state index in [4.69, 9.17) is 4.74 Å². The maximum absolute atomic E-state index is 13.9. The van der Waals surface area contributed by atoms with Crippen LogP contribution < -0.4 is 14.5 Å². The average Bonchev–Trinajstić information content (AvgIpc) is 2.93. The number of hydrogen-bond acceptors (Lipinski definition) is 7. The standard InChI is InChI=1S/C19H15FN4O4/c1-22-15-5-3-4-6-16(15)23(2)19(22)13(10-21)17(25)11-28-18-8-7-12(24(26)27)9-14(18)20/h3-9H,11H2,1-2H3. The normalized spacial score (nSPS) is 12.4. The second-order valence-corrected chi connectivity index (χ2v) is 6.00. The van der Waals surface area contributed by atoms with Crippen LogP contribution in [-0.4, -0.2) is 31.4 Å². The molecule has 0 N–H and O–H groups in total. The fraction of sp³-hybridized carbons (Fsp3) is 0.158. The van der Waals surface area contributed by atoms with E-state index in [1.807, 2.05) is 30.3 Å². The first-order chi connectivity index (χ1) is 13.3. The molecule has 2 aromatic rings. The molecule has 1 heterocycles. The van der Waals surface area contributed by atoms with Gasteiger partial charge in [-0.2, -0.15) is 5.26 Å². The molecule has 0 bridgehead atoms. The summed E-state index contributed by atoms with van der Waals surface area (Å²) < 4.78 is 19.1. The van der Waals surface area contributed by atoms with Gasteiger partial charge >= 0.3 is 0 Å². The SMILES string of the molecule is CN1C(=C(C#N)C(=O)COc2ccc([N+](=O)[O-])cc2F)N(C)c2ccccc21. The number of ether oxygens (including phenoxy) is 1. The number of hydrogen-bond donors (Lipinski definition) is 0. The smallest absolute Gasteiger partial charge is 0.272 e. The van der Waals surface area contributed by atoms with E-state index in [9.17, 15) is 24.6 Å². The van der Waals surface area contributed by atoms with Crippen molar-refractivity contribution in [2.24, 2.45) is 0 Å². The Morgan fingerprint density at radius 1 is 1.21 bits per heavy atom. The zero-order chi connectivity index (χ0) is 20.4. The number of ketones is 1. The number of anilines is 2. The molecule has 2 aromatic carbocycles. The Kier molecular flexibility index (Phi) is 4.96. The van der Waals surface area contributed by atoms with E-state index in [2.05, 4.69) is 0 Å². The Labute approximate surface area is 159 Å². The van der Waals surface area contributed by atoms with E-state index in [-0.39, 0.29) is 11.3 Å². The van der Waals surface area contributed by atoms with Crippen LogP contribution in [0.4, 0.5) is 21.5 Å². The number of nitro groups is 1. The van der Waals surface area contributed by atoms with Gasteiger partial charge in [0.15, 0.2) is 18.2 Å². The fourth-order valence-corrected chi connectivity index (χ4v) is 2.99. The molecule has 9 heteroatoms. The third-order valence-corrected chi connectivity index (χ3v) is 4.34. The zero-order valence-electron chi connectivity index (χ0n) is 15.0. The highest BCUT2D eigenvalue weighted by molar-refractivity contribution is 6.03. The van der Waals surface area contributed by atoms with Gasteiger partial charge in [0.05, 0.1) is 22.4 Å². The van der Waals surface area contributed by atoms with E-state index < -0.39 is 28.8 Å². The molecule has 28 heavy (non-hydrogen) atoms. The Balaban J connectivity index is 1.83. The average molecular weight is 382 g/mol. The van der Waals surface area contributed by atoms with Gasteiger partial charge in [-0.3, -0.25) is 14.9 Å². The van der Waals surface area contributed by atoms with Crippen molar-refractivity contribution in [3.05, 3.63) is 69.8 Å². The number of rotatable bonds is 5. The molecule has 0 atom stereocenters. The summed E-state index contributed by atoms with van der Waals surface area (Å²) in [5, 5.41) is 20.2. The van der Waals surface area contributed by atoms with Crippen molar-refractivity contribution in [3.8, 4) is 11.8 Å². The highest BCUT2D eigenvalue weighted by Crippen LogP contribution is 2.40. The lowest BCUT2D eigenvalue weighted by Crippen LogP contribution is -2.28. The molecule has 0 spiro atoms. The lowest BCUT2D eigenvalue weighted by atomic mass is 10.2. The second-order valence-electron chi connectivity index (χ2n) is 6.00. The molecule has 0 aromatic heterocycles.